The number of benzene rings is 1. The predicted octanol–water partition coefficient (Wildman–Crippen LogP) is -3.91. The number of aromatic carboxylic acids is 2. The van der Waals surface area contributed by atoms with E-state index in [4.69, 9.17) is 0 Å². The number of quaternary nitrogens is 3. The molecule has 31 heavy (non-hydrogen) atoms. The molecule has 182 valence electrons. The summed E-state index contributed by atoms with van der Waals surface area (Å²) in [7, 11) is -4.95. The summed E-state index contributed by atoms with van der Waals surface area (Å²) in [6, 6.07) is 1.67. The van der Waals surface area contributed by atoms with Gasteiger partial charge in [0.15, 0.2) is 0 Å². The van der Waals surface area contributed by atoms with E-state index in [1.54, 1.807) is 0 Å². The molecule has 0 heterocycles. The molecule has 1 aromatic carbocycles. The number of hydrogen-bond acceptors (Lipinski definition) is 7. The molecular weight excluding hydrogens is 426 g/mol. The normalized spacial score (nSPS) is 9.77. The van der Waals surface area contributed by atoms with Crippen LogP contribution in [-0.4, -0.2) is 64.2 Å². The molecule has 0 saturated carbocycles. The van der Waals surface area contributed by atoms with Gasteiger partial charge in [-0.15, -0.1) is 0 Å². The second-order valence-electron chi connectivity index (χ2n) is 6.09. The van der Waals surface area contributed by atoms with Crippen LogP contribution >= 0.6 is 0 Å². The summed E-state index contributed by atoms with van der Waals surface area (Å²) in [5.74, 6) is -3.60. The number of carboxylic acid groups (broad SMARTS) is 2. The van der Waals surface area contributed by atoms with Gasteiger partial charge in [-0.2, -0.15) is 0 Å². The maximum Gasteiger partial charge on any atom is 0.124 e. The van der Waals surface area contributed by atoms with E-state index in [0.29, 0.717) is 18.2 Å². The van der Waals surface area contributed by atoms with Crippen molar-refractivity contribution in [2.75, 3.05) is 39.3 Å². The summed E-state index contributed by atoms with van der Waals surface area (Å²) in [5, 5.41) is 27.6. The molecule has 0 unspecified atom stereocenters. The van der Waals surface area contributed by atoms with Gasteiger partial charge in [0.2, 0.25) is 0 Å². The molecule has 0 amide bonds. The third-order valence-corrected chi connectivity index (χ3v) is 4.21. The maximum absolute atomic E-state index is 10.6. The number of nitrogens with two attached hydrogens (primary N) is 3. The quantitative estimate of drug-likeness (QED) is 0.311. The first-order valence-electron chi connectivity index (χ1n) is 10.4. The van der Waals surface area contributed by atoms with Gasteiger partial charge in [0, 0.05) is 0 Å². The van der Waals surface area contributed by atoms with E-state index in [1.165, 1.54) is 39.3 Å². The van der Waals surface area contributed by atoms with Crippen LogP contribution in [0.3, 0.4) is 0 Å². The zero-order valence-electron chi connectivity index (χ0n) is 19.5. The smallest absolute Gasteiger partial charge is 0.124 e. The molecule has 0 aliphatic heterocycles. The van der Waals surface area contributed by atoms with Crippen molar-refractivity contribution >= 4 is 22.1 Å². The number of carboxylic acids is 2. The molecule has 0 aliphatic carbocycles. The summed E-state index contributed by atoms with van der Waals surface area (Å²) in [6.07, 6.45) is 0. The highest BCUT2D eigenvalue weighted by Gasteiger charge is 2.07. The Morgan fingerprint density at radius 1 is 0.677 bits per heavy atom. The second kappa shape index (κ2) is 21.2. The van der Waals surface area contributed by atoms with Gasteiger partial charge in [-0.3, -0.25) is 0 Å². The molecule has 0 aliphatic rings. The Morgan fingerprint density at radius 2 is 0.935 bits per heavy atom. The van der Waals surface area contributed by atoms with Crippen molar-refractivity contribution < 1.29 is 48.7 Å². The Hall–Kier alpha value is -2.05. The van der Waals surface area contributed by atoms with Gasteiger partial charge in [-0.25, -0.2) is 8.42 Å². The van der Waals surface area contributed by atoms with Gasteiger partial charge in [0.05, 0.1) is 56.1 Å². The maximum atomic E-state index is 10.6. The van der Waals surface area contributed by atoms with Gasteiger partial charge in [0.25, 0.3) is 0 Å². The predicted molar refractivity (Wildman–Crippen MR) is 112 cm³/mol. The summed E-state index contributed by atoms with van der Waals surface area (Å²) in [5.41, 5.74) is -1.45. The monoisotopic (exact) mass is 465 g/mol. The topological polar surface area (TPSA) is 187 Å². The van der Waals surface area contributed by atoms with Crippen molar-refractivity contribution in [1.82, 2.24) is 0 Å². The Kier molecular flexibility index (Phi) is 23.0. The molecule has 1 rings (SSSR count). The van der Waals surface area contributed by atoms with Gasteiger partial charge in [-0.1, -0.05) is 0 Å². The second-order valence-corrected chi connectivity index (χ2v) is 7.47. The third kappa shape index (κ3) is 21.0. The van der Waals surface area contributed by atoms with E-state index >= 15 is 0 Å². The van der Waals surface area contributed by atoms with E-state index in [9.17, 15) is 32.8 Å². The fraction of sp³-hybridized carbons (Fsp3) is 0.600. The highest BCUT2D eigenvalue weighted by molar-refractivity contribution is 7.85. The van der Waals surface area contributed by atoms with Gasteiger partial charge < -0.3 is 40.3 Å². The lowest BCUT2D eigenvalue weighted by molar-refractivity contribution is -0.648. The highest BCUT2D eigenvalue weighted by atomic mass is 32.2. The molecule has 10 nitrogen and oxygen atoms in total. The van der Waals surface area contributed by atoms with Gasteiger partial charge in [-0.05, 0) is 70.9 Å². The van der Waals surface area contributed by atoms with Crippen LogP contribution in [0.15, 0.2) is 23.1 Å². The fourth-order valence-electron chi connectivity index (χ4n) is 1.85. The van der Waals surface area contributed by atoms with Crippen LogP contribution in [0.1, 0.15) is 62.3 Å². The first-order valence-corrected chi connectivity index (χ1v) is 11.9. The lowest BCUT2D eigenvalue weighted by Crippen LogP contribution is -2.82. The van der Waals surface area contributed by atoms with Crippen molar-refractivity contribution in [1.29, 1.82) is 0 Å². The first kappa shape index (κ1) is 33.6. The van der Waals surface area contributed by atoms with Gasteiger partial charge >= 0.3 is 0 Å². The van der Waals surface area contributed by atoms with Crippen LogP contribution in [0.4, 0.5) is 0 Å². The Bertz CT molecular complexity index is 658. The van der Waals surface area contributed by atoms with Crippen molar-refractivity contribution in [3.8, 4) is 0 Å². The average Bonchev–Trinajstić information content (AvgIpc) is 2.70. The molecule has 0 bridgehead atoms. The SMILES string of the molecule is CC[NH2+]CC.CC[NH2+]CC.CC[NH2+]CC.O=C([O-])c1cc(C(=O)[O-])cc(S(=O)(=O)[O-])c1. The van der Waals surface area contributed by atoms with Crippen molar-refractivity contribution in [2.24, 2.45) is 0 Å². The summed E-state index contributed by atoms with van der Waals surface area (Å²) < 4.78 is 31.8. The van der Waals surface area contributed by atoms with Gasteiger partial charge in [0.1, 0.15) is 10.1 Å². The Balaban J connectivity index is -0.000000428. The molecular formula is C20H39N3O7S. The molecule has 0 atom stereocenters. The van der Waals surface area contributed by atoms with Crippen LogP contribution in [0, 0.1) is 0 Å². The first-order chi connectivity index (χ1) is 14.5. The molecule has 0 saturated heterocycles. The summed E-state index contributed by atoms with van der Waals surface area (Å²) >= 11 is 0. The number of rotatable bonds is 9. The largest absolute Gasteiger partial charge is 0.744 e. The molecule has 11 heteroatoms. The summed E-state index contributed by atoms with van der Waals surface area (Å²) in [4.78, 5) is 19.9. The van der Waals surface area contributed by atoms with E-state index in [-0.39, 0.29) is 0 Å². The molecule has 0 radical (unpaired) electrons. The van der Waals surface area contributed by atoms with E-state index in [0.717, 1.165) is 0 Å². The van der Waals surface area contributed by atoms with Crippen LogP contribution in [0.25, 0.3) is 0 Å². The fourth-order valence-corrected chi connectivity index (χ4v) is 2.39. The van der Waals surface area contributed by atoms with Crippen LogP contribution in [0.2, 0.25) is 0 Å². The minimum Gasteiger partial charge on any atom is -0.744 e. The van der Waals surface area contributed by atoms with Crippen LogP contribution in [0.5, 0.6) is 0 Å². The molecule has 0 spiro atoms. The van der Waals surface area contributed by atoms with Crippen molar-refractivity contribution in [3.05, 3.63) is 29.3 Å². The lowest BCUT2D eigenvalue weighted by Gasteiger charge is -2.13. The van der Waals surface area contributed by atoms with Crippen LogP contribution < -0.4 is 26.2 Å². The number of carbonyl (C=O) groups is 2. The standard InChI is InChI=1S/C8H6O7S.3C4H11N/c9-7(10)4-1-5(8(11)12)3-6(2-4)16(13,14)15;3*1-3-5-4-2/h1-3H,(H,9,10)(H,11,12)(H,13,14,15);3*5H,3-4H2,1-2H3. The number of hydrogen-bond donors (Lipinski definition) is 3. The summed E-state index contributed by atoms with van der Waals surface area (Å²) in [6.45, 7) is 20.2. The Labute approximate surface area is 186 Å². The minimum atomic E-state index is -4.95. The highest BCUT2D eigenvalue weighted by Crippen LogP contribution is 2.14. The lowest BCUT2D eigenvalue weighted by atomic mass is 10.1. The minimum absolute atomic E-state index is 0.518. The number of carbonyl (C=O) groups excluding carboxylic acids is 2. The average molecular weight is 466 g/mol. The molecule has 1 aromatic rings. The van der Waals surface area contributed by atoms with E-state index in [2.05, 4.69) is 57.5 Å². The molecule has 6 N–H and O–H groups in total. The zero-order chi connectivity index (χ0) is 24.9. The van der Waals surface area contributed by atoms with E-state index in [1.807, 2.05) is 0 Å². The van der Waals surface area contributed by atoms with Crippen molar-refractivity contribution in [3.63, 3.8) is 0 Å². The third-order valence-electron chi connectivity index (χ3n) is 3.40. The van der Waals surface area contributed by atoms with Crippen molar-refractivity contribution in [2.45, 2.75) is 46.4 Å². The molecule has 0 fully saturated rings. The van der Waals surface area contributed by atoms with E-state index < -0.39 is 38.1 Å². The van der Waals surface area contributed by atoms with Crippen LogP contribution in [-0.2, 0) is 10.1 Å². The Morgan fingerprint density at radius 3 is 1.06 bits per heavy atom. The molecule has 0 aromatic heterocycles. The zero-order valence-corrected chi connectivity index (χ0v) is 20.3.